The van der Waals surface area contributed by atoms with E-state index in [1.165, 1.54) is 10.8 Å². The molecule has 0 saturated carbocycles. The first-order chi connectivity index (χ1) is 17.9. The summed E-state index contributed by atoms with van der Waals surface area (Å²) in [4.78, 5) is 29.1. The number of phosphoric ester groups is 1. The highest BCUT2D eigenvalue weighted by molar-refractivity contribution is 7.48. The van der Waals surface area contributed by atoms with Crippen LogP contribution in [0.2, 0.25) is 0 Å². The minimum absolute atomic E-state index is 0.0210. The number of azide groups is 1. The molecule has 0 aliphatic carbocycles. The van der Waals surface area contributed by atoms with Crippen LogP contribution >= 0.6 is 7.82 Å². The van der Waals surface area contributed by atoms with E-state index >= 15 is 0 Å². The fourth-order valence-corrected chi connectivity index (χ4v) is 4.92. The van der Waals surface area contributed by atoms with E-state index < -0.39 is 37.4 Å². The van der Waals surface area contributed by atoms with E-state index in [1.807, 2.05) is 60.7 Å². The summed E-state index contributed by atoms with van der Waals surface area (Å²) in [6, 6.07) is 17.5. The maximum atomic E-state index is 13.5. The number of benzene rings is 2. The molecule has 0 radical (unpaired) electrons. The van der Waals surface area contributed by atoms with Gasteiger partial charge in [0.2, 0.25) is 0 Å². The van der Waals surface area contributed by atoms with Gasteiger partial charge in [0.15, 0.2) is 0 Å². The summed E-state index contributed by atoms with van der Waals surface area (Å²) in [7, 11) is -4.09. The van der Waals surface area contributed by atoms with Crippen LogP contribution in [0.3, 0.4) is 0 Å². The second-order valence-electron chi connectivity index (χ2n) is 8.38. The molecule has 1 N–H and O–H groups in total. The molecule has 3 aromatic rings. The molecule has 1 aliphatic rings. The summed E-state index contributed by atoms with van der Waals surface area (Å²) < 4.78 is 37.6. The van der Waals surface area contributed by atoms with Gasteiger partial charge in [-0.3, -0.25) is 27.9 Å². The average Bonchev–Trinajstić information content (AvgIpc) is 3.31. The Morgan fingerprint density at radius 3 is 2.22 bits per heavy atom. The molecule has 2 aromatic carbocycles. The molecule has 0 spiro atoms. The van der Waals surface area contributed by atoms with Gasteiger partial charge in [-0.25, -0.2) is 9.36 Å². The number of hydrogen-bond donors (Lipinski definition) is 1. The predicted molar refractivity (Wildman–Crippen MR) is 134 cm³/mol. The van der Waals surface area contributed by atoms with Crippen molar-refractivity contribution < 1.29 is 22.9 Å². The average molecular weight is 527 g/mol. The quantitative estimate of drug-likeness (QED) is 0.168. The van der Waals surface area contributed by atoms with Crippen LogP contribution < -0.4 is 11.2 Å². The Kier molecular flexibility index (Phi) is 8.73. The SMILES string of the molecule is Cc1cn([C@H]2C[C@H](N=[N+]=[N-])[C@@H](COP(=O)(OCc3ccccc3)OCc3ccccc3)O2)c(=O)[nH]c1=O. The Balaban J connectivity index is 1.49. The monoisotopic (exact) mass is 527 g/mol. The van der Waals surface area contributed by atoms with Crippen LogP contribution in [-0.2, 0) is 36.1 Å². The van der Waals surface area contributed by atoms with Crippen LogP contribution in [0.5, 0.6) is 0 Å². The topological polar surface area (TPSA) is 158 Å². The molecule has 1 fully saturated rings. The van der Waals surface area contributed by atoms with Gasteiger partial charge in [-0.1, -0.05) is 65.8 Å². The molecule has 12 nitrogen and oxygen atoms in total. The molecule has 1 aliphatic heterocycles. The lowest BCUT2D eigenvalue weighted by Gasteiger charge is -2.22. The number of aromatic nitrogens is 2. The summed E-state index contributed by atoms with van der Waals surface area (Å²) in [6.45, 7) is 1.22. The van der Waals surface area contributed by atoms with Gasteiger partial charge >= 0.3 is 13.5 Å². The number of hydrogen-bond acceptors (Lipinski definition) is 8. The number of H-pyrrole nitrogens is 1. The minimum Gasteiger partial charge on any atom is -0.352 e. The number of rotatable bonds is 11. The van der Waals surface area contributed by atoms with Crippen molar-refractivity contribution in [2.75, 3.05) is 6.61 Å². The van der Waals surface area contributed by atoms with Crippen LogP contribution in [-0.4, -0.2) is 28.3 Å². The van der Waals surface area contributed by atoms with Crippen LogP contribution in [0.4, 0.5) is 0 Å². The summed E-state index contributed by atoms with van der Waals surface area (Å²) in [5.74, 6) is 0. The largest absolute Gasteiger partial charge is 0.475 e. The minimum atomic E-state index is -4.09. The molecule has 3 atom stereocenters. The Labute approximate surface area is 212 Å². The second kappa shape index (κ2) is 12.2. The van der Waals surface area contributed by atoms with Crippen molar-refractivity contribution in [1.29, 1.82) is 0 Å². The molecule has 0 unspecified atom stereocenters. The van der Waals surface area contributed by atoms with Crippen LogP contribution in [0.15, 0.2) is 81.6 Å². The van der Waals surface area contributed by atoms with Crippen molar-refractivity contribution in [2.45, 2.75) is 44.9 Å². The maximum Gasteiger partial charge on any atom is 0.475 e. The van der Waals surface area contributed by atoms with E-state index in [-0.39, 0.29) is 26.2 Å². The fraction of sp³-hybridized carbons (Fsp3) is 0.333. The summed E-state index contributed by atoms with van der Waals surface area (Å²) >= 11 is 0. The van der Waals surface area contributed by atoms with Crippen molar-refractivity contribution >= 4 is 7.82 Å². The molecule has 0 amide bonds. The number of aromatic amines is 1. The van der Waals surface area contributed by atoms with Crippen molar-refractivity contribution in [3.8, 4) is 0 Å². The van der Waals surface area contributed by atoms with Crippen LogP contribution in [0.25, 0.3) is 10.4 Å². The van der Waals surface area contributed by atoms with E-state index in [1.54, 1.807) is 6.92 Å². The highest BCUT2D eigenvalue weighted by atomic mass is 31.2. The number of aryl methyl sites for hydroxylation is 1. The van der Waals surface area contributed by atoms with Crippen molar-refractivity contribution in [2.24, 2.45) is 5.11 Å². The molecule has 0 bridgehead atoms. The van der Waals surface area contributed by atoms with Crippen molar-refractivity contribution in [1.82, 2.24) is 9.55 Å². The van der Waals surface area contributed by atoms with Gasteiger partial charge in [-0.2, -0.15) is 0 Å². The van der Waals surface area contributed by atoms with Gasteiger partial charge in [0, 0.05) is 23.1 Å². The van der Waals surface area contributed by atoms with E-state index in [9.17, 15) is 14.2 Å². The lowest BCUT2D eigenvalue weighted by Crippen LogP contribution is -2.33. The van der Waals surface area contributed by atoms with E-state index in [4.69, 9.17) is 23.8 Å². The smallest absolute Gasteiger partial charge is 0.352 e. The summed E-state index contributed by atoms with van der Waals surface area (Å²) in [6.07, 6.45) is -0.168. The Bertz CT molecular complexity index is 1360. The zero-order chi connectivity index (χ0) is 26.3. The first kappa shape index (κ1) is 26.6. The lowest BCUT2D eigenvalue weighted by molar-refractivity contribution is -0.0311. The highest BCUT2D eigenvalue weighted by Gasteiger charge is 2.39. The summed E-state index contributed by atoms with van der Waals surface area (Å²) in [5, 5.41) is 3.76. The van der Waals surface area contributed by atoms with Crippen LogP contribution in [0.1, 0.15) is 29.3 Å². The zero-order valence-electron chi connectivity index (χ0n) is 20.0. The molecule has 2 heterocycles. The Hall–Kier alpha value is -3.50. The summed E-state index contributed by atoms with van der Waals surface area (Å²) in [5.41, 5.74) is 9.72. The van der Waals surface area contributed by atoms with Gasteiger partial charge in [0.25, 0.3) is 5.56 Å². The lowest BCUT2D eigenvalue weighted by atomic mass is 10.1. The number of ether oxygens (including phenoxy) is 1. The Morgan fingerprint density at radius 1 is 1.05 bits per heavy atom. The number of phosphoric acid groups is 1. The number of nitrogens with zero attached hydrogens (tertiary/aromatic N) is 4. The Morgan fingerprint density at radius 2 is 1.65 bits per heavy atom. The maximum absolute atomic E-state index is 13.5. The van der Waals surface area contributed by atoms with Crippen molar-refractivity contribution in [3.63, 3.8) is 0 Å². The first-order valence-electron chi connectivity index (χ1n) is 11.5. The normalized spacial score (nSPS) is 19.4. The third kappa shape index (κ3) is 7.05. The number of nitrogens with one attached hydrogen (secondary N) is 1. The van der Waals surface area contributed by atoms with Gasteiger partial charge in [-0.15, -0.1) is 0 Å². The van der Waals surface area contributed by atoms with Gasteiger partial charge in [-0.05, 0) is 23.6 Å². The first-order valence-corrected chi connectivity index (χ1v) is 13.0. The van der Waals surface area contributed by atoms with Gasteiger partial charge < -0.3 is 4.74 Å². The third-order valence-electron chi connectivity index (χ3n) is 5.72. The molecular formula is C24H26N5O7P. The van der Waals surface area contributed by atoms with Gasteiger partial charge in [0.1, 0.15) is 6.23 Å². The third-order valence-corrected chi connectivity index (χ3v) is 7.08. The zero-order valence-corrected chi connectivity index (χ0v) is 20.9. The van der Waals surface area contributed by atoms with E-state index in [2.05, 4.69) is 15.0 Å². The molecule has 13 heteroatoms. The second-order valence-corrected chi connectivity index (χ2v) is 10.0. The highest BCUT2D eigenvalue weighted by Crippen LogP contribution is 2.51. The van der Waals surface area contributed by atoms with Crippen molar-refractivity contribution in [3.05, 3.63) is 115 Å². The molecule has 4 rings (SSSR count). The molecular weight excluding hydrogens is 501 g/mol. The van der Waals surface area contributed by atoms with E-state index in [0.717, 1.165) is 11.1 Å². The molecule has 37 heavy (non-hydrogen) atoms. The fourth-order valence-electron chi connectivity index (χ4n) is 3.76. The van der Waals surface area contributed by atoms with Crippen LogP contribution in [0, 0.1) is 6.92 Å². The molecule has 1 aromatic heterocycles. The standard InChI is InChI=1S/C24H26N5O7P/c1-17-13-29(24(31)26-23(17)30)22-12-20(27-28-25)21(36-22)16-35-37(32,33-14-18-8-4-2-5-9-18)34-15-19-10-6-3-7-11-19/h2-11,13,20-22H,12,14-16H2,1H3,(H,26,30,31)/t20-,21+,22+/m0/s1. The van der Waals surface area contributed by atoms with E-state index in [0.29, 0.717) is 5.56 Å². The predicted octanol–water partition coefficient (Wildman–Crippen LogP) is 4.37. The van der Waals surface area contributed by atoms with Gasteiger partial charge in [0.05, 0.1) is 32.0 Å². The molecule has 194 valence electrons. The molecule has 1 saturated heterocycles.